The third kappa shape index (κ3) is 4.27. The number of hydrogen-bond donors (Lipinski definition) is 1. The van der Waals surface area contributed by atoms with Gasteiger partial charge in [0.2, 0.25) is 16.9 Å². The highest BCUT2D eigenvalue weighted by atomic mass is 32.1. The number of unbranched alkanes of at least 4 members (excludes halogenated alkanes) is 1. The second-order valence-corrected chi connectivity index (χ2v) is 7.53. The summed E-state index contributed by atoms with van der Waals surface area (Å²) in [6.07, 6.45) is 3.74. The van der Waals surface area contributed by atoms with Gasteiger partial charge in [-0.05, 0) is 30.5 Å². The number of aromatic nitrogens is 2. The van der Waals surface area contributed by atoms with Crippen LogP contribution in [0.1, 0.15) is 56.0 Å². The van der Waals surface area contributed by atoms with Crippen LogP contribution in [-0.4, -0.2) is 28.6 Å². The Balaban J connectivity index is 1.64. The number of carbonyl (C=O) groups excluding carboxylic acids is 2. The van der Waals surface area contributed by atoms with Crippen molar-refractivity contribution in [3.63, 3.8) is 0 Å². The molecule has 2 amide bonds. The van der Waals surface area contributed by atoms with Crippen molar-refractivity contribution in [2.24, 2.45) is 0 Å². The first kappa shape index (κ1) is 18.5. The van der Waals surface area contributed by atoms with Gasteiger partial charge in [-0.2, -0.15) is 0 Å². The van der Waals surface area contributed by atoms with Crippen LogP contribution in [-0.2, 0) is 16.0 Å². The Morgan fingerprint density at radius 1 is 1.27 bits per heavy atom. The zero-order valence-corrected chi connectivity index (χ0v) is 16.0. The predicted octanol–water partition coefficient (Wildman–Crippen LogP) is 3.75. The lowest BCUT2D eigenvalue weighted by atomic mass is 10.1. The van der Waals surface area contributed by atoms with Crippen LogP contribution in [0.2, 0.25) is 0 Å². The summed E-state index contributed by atoms with van der Waals surface area (Å²) < 4.78 is 0. The first-order chi connectivity index (χ1) is 12.6. The smallest absolute Gasteiger partial charge is 0.227 e. The Morgan fingerprint density at radius 3 is 2.73 bits per heavy atom. The number of hydrogen-bond acceptors (Lipinski definition) is 5. The van der Waals surface area contributed by atoms with Gasteiger partial charge in [0.1, 0.15) is 5.01 Å². The molecule has 1 atom stereocenters. The number of nitrogens with zero attached hydrogens (tertiary/aromatic N) is 3. The molecule has 1 saturated heterocycles. The molecule has 138 valence electrons. The summed E-state index contributed by atoms with van der Waals surface area (Å²) in [6.45, 7) is 4.76. The standard InChI is InChI=1S/C19H24N4O2S/c1-3-5-6-16(24)20-19-22-21-18(26-19)14-11-17(25)23(12-14)15-9-7-13(4-2)8-10-15/h7-10,14H,3-6,11-12H2,1-2H3,(H,20,22,24)/t14-/m0/s1. The van der Waals surface area contributed by atoms with E-state index in [-0.39, 0.29) is 17.7 Å². The van der Waals surface area contributed by atoms with E-state index in [9.17, 15) is 9.59 Å². The Hall–Kier alpha value is -2.28. The number of aryl methyl sites for hydroxylation is 1. The Labute approximate surface area is 157 Å². The van der Waals surface area contributed by atoms with Crippen molar-refractivity contribution >= 4 is 34.0 Å². The van der Waals surface area contributed by atoms with Crippen LogP contribution in [0.15, 0.2) is 24.3 Å². The first-order valence-electron chi connectivity index (χ1n) is 9.13. The molecule has 1 N–H and O–H groups in total. The van der Waals surface area contributed by atoms with Crippen LogP contribution < -0.4 is 10.2 Å². The third-order valence-electron chi connectivity index (χ3n) is 4.57. The summed E-state index contributed by atoms with van der Waals surface area (Å²) in [5.74, 6) is 0.0878. The maximum atomic E-state index is 12.4. The van der Waals surface area contributed by atoms with E-state index in [1.54, 1.807) is 0 Å². The minimum atomic E-state index is -0.0327. The molecule has 1 aliphatic rings. The number of amides is 2. The van der Waals surface area contributed by atoms with Gasteiger partial charge in [0.15, 0.2) is 0 Å². The lowest BCUT2D eigenvalue weighted by Crippen LogP contribution is -2.24. The molecule has 1 aromatic carbocycles. The van der Waals surface area contributed by atoms with Gasteiger partial charge < -0.3 is 10.2 Å². The molecular formula is C19H24N4O2S. The minimum absolute atomic E-state index is 0.0205. The summed E-state index contributed by atoms with van der Waals surface area (Å²) in [7, 11) is 0. The van der Waals surface area contributed by atoms with Crippen LogP contribution in [0.5, 0.6) is 0 Å². The molecule has 0 radical (unpaired) electrons. The highest BCUT2D eigenvalue weighted by Gasteiger charge is 2.33. The van der Waals surface area contributed by atoms with Crippen molar-refractivity contribution in [2.75, 3.05) is 16.8 Å². The molecule has 0 bridgehead atoms. The summed E-state index contributed by atoms with van der Waals surface area (Å²) in [5.41, 5.74) is 2.18. The van der Waals surface area contributed by atoms with E-state index < -0.39 is 0 Å². The fourth-order valence-electron chi connectivity index (χ4n) is 3.00. The molecule has 1 aliphatic heterocycles. The lowest BCUT2D eigenvalue weighted by Gasteiger charge is -2.16. The van der Waals surface area contributed by atoms with E-state index in [2.05, 4.69) is 41.5 Å². The maximum Gasteiger partial charge on any atom is 0.227 e. The summed E-state index contributed by atoms with van der Waals surface area (Å²) in [4.78, 5) is 26.0. The average molecular weight is 372 g/mol. The largest absolute Gasteiger partial charge is 0.312 e. The van der Waals surface area contributed by atoms with E-state index >= 15 is 0 Å². The second-order valence-electron chi connectivity index (χ2n) is 6.52. The normalized spacial score (nSPS) is 16.9. The number of rotatable bonds is 7. The Bertz CT molecular complexity index is 772. The molecule has 26 heavy (non-hydrogen) atoms. The predicted molar refractivity (Wildman–Crippen MR) is 104 cm³/mol. The monoisotopic (exact) mass is 372 g/mol. The van der Waals surface area contributed by atoms with Crippen molar-refractivity contribution in [3.8, 4) is 0 Å². The van der Waals surface area contributed by atoms with Gasteiger partial charge >= 0.3 is 0 Å². The van der Waals surface area contributed by atoms with Crippen molar-refractivity contribution in [3.05, 3.63) is 34.8 Å². The summed E-state index contributed by atoms with van der Waals surface area (Å²) >= 11 is 1.36. The van der Waals surface area contributed by atoms with Gasteiger partial charge in [-0.3, -0.25) is 9.59 Å². The molecular weight excluding hydrogens is 348 g/mol. The number of carbonyl (C=O) groups is 2. The van der Waals surface area contributed by atoms with Crippen LogP contribution in [0.4, 0.5) is 10.8 Å². The fourth-order valence-corrected chi connectivity index (χ4v) is 3.85. The van der Waals surface area contributed by atoms with Gasteiger partial charge in [0, 0.05) is 31.0 Å². The summed E-state index contributed by atoms with van der Waals surface area (Å²) in [5, 5.41) is 12.4. The third-order valence-corrected chi connectivity index (χ3v) is 5.58. The quantitative estimate of drug-likeness (QED) is 0.803. The van der Waals surface area contributed by atoms with E-state index in [1.165, 1.54) is 16.9 Å². The summed E-state index contributed by atoms with van der Waals surface area (Å²) in [6, 6.07) is 8.12. The number of benzene rings is 1. The van der Waals surface area contributed by atoms with Crippen LogP contribution >= 0.6 is 11.3 Å². The lowest BCUT2D eigenvalue weighted by molar-refractivity contribution is -0.117. The van der Waals surface area contributed by atoms with Gasteiger partial charge in [0.05, 0.1) is 0 Å². The first-order valence-corrected chi connectivity index (χ1v) is 9.95. The molecule has 0 unspecified atom stereocenters. The number of anilines is 2. The highest BCUT2D eigenvalue weighted by Crippen LogP contribution is 2.34. The van der Waals surface area contributed by atoms with Crippen LogP contribution in [0.3, 0.4) is 0 Å². The molecule has 1 aromatic heterocycles. The van der Waals surface area contributed by atoms with Crippen molar-refractivity contribution in [1.82, 2.24) is 10.2 Å². The van der Waals surface area contributed by atoms with Gasteiger partial charge in [-0.1, -0.05) is 43.7 Å². The zero-order valence-electron chi connectivity index (χ0n) is 15.2. The minimum Gasteiger partial charge on any atom is -0.312 e. The van der Waals surface area contributed by atoms with E-state index in [0.717, 1.165) is 30.0 Å². The molecule has 1 fully saturated rings. The van der Waals surface area contributed by atoms with E-state index in [0.29, 0.717) is 24.5 Å². The zero-order chi connectivity index (χ0) is 18.5. The Morgan fingerprint density at radius 2 is 2.04 bits per heavy atom. The molecule has 0 spiro atoms. The molecule has 7 heteroatoms. The van der Waals surface area contributed by atoms with E-state index in [4.69, 9.17) is 0 Å². The molecule has 6 nitrogen and oxygen atoms in total. The topological polar surface area (TPSA) is 75.2 Å². The number of nitrogens with one attached hydrogen (secondary N) is 1. The second kappa shape index (κ2) is 8.40. The molecule has 0 saturated carbocycles. The van der Waals surface area contributed by atoms with Gasteiger partial charge in [0.25, 0.3) is 0 Å². The fraction of sp³-hybridized carbons (Fsp3) is 0.474. The SMILES string of the molecule is CCCCC(=O)Nc1nnc([C@H]2CC(=O)N(c3ccc(CC)cc3)C2)s1. The average Bonchev–Trinajstić information content (AvgIpc) is 3.26. The van der Waals surface area contributed by atoms with Crippen molar-refractivity contribution in [2.45, 2.75) is 51.9 Å². The maximum absolute atomic E-state index is 12.4. The highest BCUT2D eigenvalue weighted by molar-refractivity contribution is 7.15. The van der Waals surface area contributed by atoms with Crippen molar-refractivity contribution < 1.29 is 9.59 Å². The molecule has 2 heterocycles. The molecule has 3 rings (SSSR count). The van der Waals surface area contributed by atoms with Gasteiger partial charge in [-0.15, -0.1) is 10.2 Å². The Kier molecular flexibility index (Phi) is 5.98. The van der Waals surface area contributed by atoms with Crippen molar-refractivity contribution in [1.29, 1.82) is 0 Å². The molecule has 0 aliphatic carbocycles. The van der Waals surface area contributed by atoms with Crippen LogP contribution in [0.25, 0.3) is 0 Å². The van der Waals surface area contributed by atoms with Gasteiger partial charge in [-0.25, -0.2) is 0 Å². The van der Waals surface area contributed by atoms with Crippen LogP contribution in [0, 0.1) is 0 Å². The van der Waals surface area contributed by atoms with E-state index in [1.807, 2.05) is 17.0 Å². The molecule has 2 aromatic rings.